The van der Waals surface area contributed by atoms with E-state index in [9.17, 15) is 4.79 Å². The van der Waals surface area contributed by atoms with Gasteiger partial charge in [0.1, 0.15) is 0 Å². The van der Waals surface area contributed by atoms with E-state index in [1.807, 2.05) is 0 Å². The van der Waals surface area contributed by atoms with E-state index < -0.39 is 0 Å². The van der Waals surface area contributed by atoms with Gasteiger partial charge in [-0.1, -0.05) is 0 Å². The van der Waals surface area contributed by atoms with Gasteiger partial charge >= 0.3 is 0 Å². The molecule has 0 aliphatic carbocycles. The number of amides is 1. The molecule has 1 amide bonds. The van der Waals surface area contributed by atoms with Crippen molar-refractivity contribution in [1.82, 2.24) is 10.3 Å². The lowest BCUT2D eigenvalue weighted by molar-refractivity contribution is 0.0962. The standard InChI is InChI=1S/C8H10N2O2/c1-9-8(12)6-2-3-7(5-11)10-4-6/h2-4,11H,5H2,1H3,(H,9,12). The van der Waals surface area contributed by atoms with E-state index in [0.29, 0.717) is 11.3 Å². The number of rotatable bonds is 2. The van der Waals surface area contributed by atoms with E-state index in [0.717, 1.165) is 0 Å². The fraction of sp³-hybridized carbons (Fsp3) is 0.250. The molecule has 64 valence electrons. The molecule has 0 saturated heterocycles. The summed E-state index contributed by atoms with van der Waals surface area (Å²) in [6, 6.07) is 3.24. The minimum absolute atomic E-state index is 0.103. The van der Waals surface area contributed by atoms with Crippen molar-refractivity contribution in [3.63, 3.8) is 0 Å². The first kappa shape index (κ1) is 8.67. The molecular weight excluding hydrogens is 156 g/mol. The maximum atomic E-state index is 11.0. The van der Waals surface area contributed by atoms with E-state index in [4.69, 9.17) is 5.11 Å². The van der Waals surface area contributed by atoms with Gasteiger partial charge in [0.15, 0.2) is 0 Å². The van der Waals surface area contributed by atoms with Gasteiger partial charge in [0.05, 0.1) is 17.9 Å². The molecule has 1 aromatic rings. The topological polar surface area (TPSA) is 62.2 Å². The van der Waals surface area contributed by atoms with Crippen molar-refractivity contribution in [2.75, 3.05) is 7.05 Å². The summed E-state index contributed by atoms with van der Waals surface area (Å²) in [5.74, 6) is -0.174. The Hall–Kier alpha value is -1.42. The third kappa shape index (κ3) is 1.79. The number of carbonyl (C=O) groups is 1. The fourth-order valence-corrected chi connectivity index (χ4v) is 0.797. The summed E-state index contributed by atoms with van der Waals surface area (Å²) < 4.78 is 0. The molecule has 0 unspecified atom stereocenters. The van der Waals surface area contributed by atoms with Crippen molar-refractivity contribution in [3.8, 4) is 0 Å². The second-order valence-electron chi connectivity index (χ2n) is 2.28. The minimum Gasteiger partial charge on any atom is -0.390 e. The lowest BCUT2D eigenvalue weighted by Gasteiger charge is -1.99. The first-order chi connectivity index (χ1) is 5.77. The zero-order chi connectivity index (χ0) is 8.97. The van der Waals surface area contributed by atoms with Crippen molar-refractivity contribution in [2.45, 2.75) is 6.61 Å². The molecule has 0 aliphatic rings. The summed E-state index contributed by atoms with van der Waals surface area (Å²) in [5, 5.41) is 11.1. The van der Waals surface area contributed by atoms with Crippen LogP contribution in [0.15, 0.2) is 18.3 Å². The third-order valence-corrected chi connectivity index (χ3v) is 1.48. The van der Waals surface area contributed by atoms with Crippen LogP contribution in [0.1, 0.15) is 16.1 Å². The first-order valence-electron chi connectivity index (χ1n) is 3.56. The van der Waals surface area contributed by atoms with Crippen LogP contribution in [0.5, 0.6) is 0 Å². The van der Waals surface area contributed by atoms with Crippen LogP contribution in [-0.2, 0) is 6.61 Å². The highest BCUT2D eigenvalue weighted by Gasteiger charge is 2.01. The van der Waals surface area contributed by atoms with Gasteiger partial charge in [-0.3, -0.25) is 9.78 Å². The molecule has 0 fully saturated rings. The molecule has 0 radical (unpaired) electrons. The third-order valence-electron chi connectivity index (χ3n) is 1.48. The van der Waals surface area contributed by atoms with Gasteiger partial charge in [-0.2, -0.15) is 0 Å². The number of nitrogens with zero attached hydrogens (tertiary/aromatic N) is 1. The number of hydrogen-bond donors (Lipinski definition) is 2. The Bertz CT molecular complexity index is 269. The zero-order valence-electron chi connectivity index (χ0n) is 6.74. The van der Waals surface area contributed by atoms with Crippen molar-refractivity contribution in [1.29, 1.82) is 0 Å². The Morgan fingerprint density at radius 2 is 2.42 bits per heavy atom. The van der Waals surface area contributed by atoms with Gasteiger partial charge in [0, 0.05) is 13.2 Å². The van der Waals surface area contributed by atoms with E-state index >= 15 is 0 Å². The average Bonchev–Trinajstić information content (AvgIpc) is 2.17. The van der Waals surface area contributed by atoms with Gasteiger partial charge in [-0.25, -0.2) is 0 Å². The highest BCUT2D eigenvalue weighted by molar-refractivity contribution is 5.93. The van der Waals surface area contributed by atoms with Crippen molar-refractivity contribution in [3.05, 3.63) is 29.6 Å². The van der Waals surface area contributed by atoms with Gasteiger partial charge in [0.2, 0.25) is 0 Å². The predicted molar refractivity (Wildman–Crippen MR) is 43.6 cm³/mol. The number of carbonyl (C=O) groups excluding carboxylic acids is 1. The predicted octanol–water partition coefficient (Wildman–Crippen LogP) is -0.0665. The maximum Gasteiger partial charge on any atom is 0.252 e. The zero-order valence-corrected chi connectivity index (χ0v) is 6.74. The normalized spacial score (nSPS) is 9.50. The SMILES string of the molecule is CNC(=O)c1ccc(CO)nc1. The van der Waals surface area contributed by atoms with Crippen molar-refractivity contribution >= 4 is 5.91 Å². The van der Waals surface area contributed by atoms with Crippen molar-refractivity contribution < 1.29 is 9.90 Å². The van der Waals surface area contributed by atoms with Crippen LogP contribution in [0, 0.1) is 0 Å². The van der Waals surface area contributed by atoms with Crippen LogP contribution < -0.4 is 5.32 Å². The summed E-state index contributed by atoms with van der Waals surface area (Å²) in [7, 11) is 1.56. The molecule has 0 aliphatic heterocycles. The molecule has 0 aromatic carbocycles. The number of nitrogens with one attached hydrogen (secondary N) is 1. The smallest absolute Gasteiger partial charge is 0.252 e. The molecule has 1 rings (SSSR count). The monoisotopic (exact) mass is 166 g/mol. The molecule has 0 saturated carbocycles. The van der Waals surface area contributed by atoms with Crippen LogP contribution in [0.4, 0.5) is 0 Å². The number of aliphatic hydroxyl groups is 1. The second-order valence-corrected chi connectivity index (χ2v) is 2.28. The Labute approximate surface area is 70.3 Å². The van der Waals surface area contributed by atoms with Crippen LogP contribution in [0.2, 0.25) is 0 Å². The number of pyridine rings is 1. The first-order valence-corrected chi connectivity index (χ1v) is 3.56. The summed E-state index contributed by atoms with van der Waals surface area (Å²) >= 11 is 0. The lowest BCUT2D eigenvalue weighted by Crippen LogP contribution is -2.17. The lowest BCUT2D eigenvalue weighted by atomic mass is 10.2. The molecule has 1 heterocycles. The van der Waals surface area contributed by atoms with Gasteiger partial charge in [-0.05, 0) is 12.1 Å². The van der Waals surface area contributed by atoms with E-state index in [1.54, 1.807) is 19.2 Å². The summed E-state index contributed by atoms with van der Waals surface area (Å²) in [6.45, 7) is -0.103. The Kier molecular flexibility index (Phi) is 2.76. The van der Waals surface area contributed by atoms with Gasteiger partial charge < -0.3 is 10.4 Å². The van der Waals surface area contributed by atoms with Crippen LogP contribution in [-0.4, -0.2) is 23.0 Å². The van der Waals surface area contributed by atoms with E-state index in [-0.39, 0.29) is 12.5 Å². The summed E-state index contributed by atoms with van der Waals surface area (Å²) in [4.78, 5) is 14.9. The molecule has 0 spiro atoms. The highest BCUT2D eigenvalue weighted by atomic mass is 16.3. The number of hydrogen-bond acceptors (Lipinski definition) is 3. The summed E-state index contributed by atoms with van der Waals surface area (Å²) in [5.41, 5.74) is 1.05. The van der Waals surface area contributed by atoms with Crippen LogP contribution in [0.3, 0.4) is 0 Å². The quantitative estimate of drug-likeness (QED) is 0.646. The molecule has 0 bridgehead atoms. The highest BCUT2D eigenvalue weighted by Crippen LogP contribution is 1.99. The fourth-order valence-electron chi connectivity index (χ4n) is 0.797. The van der Waals surface area contributed by atoms with Crippen molar-refractivity contribution in [2.24, 2.45) is 0 Å². The molecular formula is C8H10N2O2. The van der Waals surface area contributed by atoms with E-state index in [2.05, 4.69) is 10.3 Å². The molecule has 4 heteroatoms. The maximum absolute atomic E-state index is 11.0. The molecule has 2 N–H and O–H groups in total. The molecule has 4 nitrogen and oxygen atoms in total. The van der Waals surface area contributed by atoms with Gasteiger partial charge in [-0.15, -0.1) is 0 Å². The number of aromatic nitrogens is 1. The van der Waals surface area contributed by atoms with Crippen LogP contribution >= 0.6 is 0 Å². The molecule has 12 heavy (non-hydrogen) atoms. The number of aliphatic hydroxyl groups excluding tert-OH is 1. The Morgan fingerprint density at radius 1 is 1.67 bits per heavy atom. The largest absolute Gasteiger partial charge is 0.390 e. The molecule has 1 aromatic heterocycles. The van der Waals surface area contributed by atoms with Crippen LogP contribution in [0.25, 0.3) is 0 Å². The Morgan fingerprint density at radius 3 is 2.83 bits per heavy atom. The second kappa shape index (κ2) is 3.82. The van der Waals surface area contributed by atoms with E-state index in [1.165, 1.54) is 6.20 Å². The average molecular weight is 166 g/mol. The molecule has 0 atom stereocenters. The summed E-state index contributed by atoms with van der Waals surface area (Å²) in [6.07, 6.45) is 1.43. The Balaban J connectivity index is 2.84. The van der Waals surface area contributed by atoms with Gasteiger partial charge in [0.25, 0.3) is 5.91 Å². The minimum atomic E-state index is -0.174.